The van der Waals surface area contributed by atoms with Gasteiger partial charge in [-0.25, -0.2) is 9.59 Å². The van der Waals surface area contributed by atoms with Crippen LogP contribution in [0.2, 0.25) is 0 Å². The lowest BCUT2D eigenvalue weighted by molar-refractivity contribution is -0.115. The summed E-state index contributed by atoms with van der Waals surface area (Å²) in [6.45, 7) is 2.56. The second-order valence-corrected chi connectivity index (χ2v) is 5.91. The lowest BCUT2D eigenvalue weighted by atomic mass is 9.99. The van der Waals surface area contributed by atoms with Gasteiger partial charge in [-0.2, -0.15) is 0 Å². The molecule has 8 nitrogen and oxygen atoms in total. The summed E-state index contributed by atoms with van der Waals surface area (Å²) < 4.78 is 0. The average Bonchev–Trinajstić information content (AvgIpc) is 2.56. The van der Waals surface area contributed by atoms with Crippen molar-refractivity contribution in [2.45, 2.75) is 20.3 Å². The van der Waals surface area contributed by atoms with Gasteiger partial charge in [-0.15, -0.1) is 0 Å². The summed E-state index contributed by atoms with van der Waals surface area (Å²) in [5, 5.41) is 23.6. The summed E-state index contributed by atoms with van der Waals surface area (Å²) >= 11 is 0. The number of anilines is 2. The van der Waals surface area contributed by atoms with E-state index in [2.05, 4.69) is 10.6 Å². The Kier molecular flexibility index (Phi) is 5.92. The van der Waals surface area contributed by atoms with Crippen LogP contribution in [-0.2, 0) is 16.0 Å². The van der Waals surface area contributed by atoms with Crippen molar-refractivity contribution in [1.29, 1.82) is 0 Å². The lowest BCUT2D eigenvalue weighted by Gasteiger charge is -2.11. The first-order valence-electron chi connectivity index (χ1n) is 7.95. The Morgan fingerprint density at radius 1 is 0.741 bits per heavy atom. The third kappa shape index (κ3) is 5.15. The molecule has 140 valence electrons. The maximum absolute atomic E-state index is 11.4. The van der Waals surface area contributed by atoms with Gasteiger partial charge in [-0.3, -0.25) is 9.59 Å². The van der Waals surface area contributed by atoms with Crippen molar-refractivity contribution in [2.75, 3.05) is 10.6 Å². The van der Waals surface area contributed by atoms with Gasteiger partial charge in [0, 0.05) is 13.8 Å². The van der Waals surface area contributed by atoms with Gasteiger partial charge in [-0.05, 0) is 41.8 Å². The number of carbonyl (C=O) groups excluding carboxylic acids is 2. The summed E-state index contributed by atoms with van der Waals surface area (Å²) in [6.07, 6.45) is 0.279. The summed E-state index contributed by atoms with van der Waals surface area (Å²) in [6, 6.07) is 9.14. The van der Waals surface area contributed by atoms with E-state index in [0.717, 1.165) is 0 Å². The summed E-state index contributed by atoms with van der Waals surface area (Å²) in [5.74, 6) is -3.14. The smallest absolute Gasteiger partial charge is 0.337 e. The van der Waals surface area contributed by atoms with Crippen LogP contribution < -0.4 is 10.6 Å². The molecule has 4 N–H and O–H groups in total. The van der Waals surface area contributed by atoms with Gasteiger partial charge in [0.1, 0.15) is 0 Å². The Morgan fingerprint density at radius 3 is 1.41 bits per heavy atom. The van der Waals surface area contributed by atoms with Gasteiger partial charge >= 0.3 is 11.9 Å². The van der Waals surface area contributed by atoms with E-state index in [0.29, 0.717) is 11.1 Å². The standard InChI is InChI=1S/C19H18N2O6/c1-10(22)20-16-5-3-12(8-14(16)18(24)25)7-13-4-6-17(21-11(2)23)15(9-13)19(26)27/h3-6,8-9H,7H2,1-2H3,(H,20,22)(H,21,23)(H,24,25)(H,26,27). The van der Waals surface area contributed by atoms with E-state index in [9.17, 15) is 29.4 Å². The highest BCUT2D eigenvalue weighted by atomic mass is 16.4. The van der Waals surface area contributed by atoms with E-state index in [1.807, 2.05) is 0 Å². The maximum Gasteiger partial charge on any atom is 0.337 e. The SMILES string of the molecule is CC(=O)Nc1ccc(Cc2ccc(NC(C)=O)c(C(=O)O)c2)cc1C(=O)O. The Hall–Kier alpha value is -3.68. The molecule has 0 saturated heterocycles. The van der Waals surface area contributed by atoms with Crippen molar-refractivity contribution in [1.82, 2.24) is 0 Å². The Bertz CT molecular complexity index is 860. The van der Waals surface area contributed by atoms with Gasteiger partial charge in [0.05, 0.1) is 22.5 Å². The van der Waals surface area contributed by atoms with Crippen LogP contribution in [0.15, 0.2) is 36.4 Å². The van der Waals surface area contributed by atoms with Crippen LogP contribution in [0, 0.1) is 0 Å². The zero-order valence-electron chi connectivity index (χ0n) is 14.7. The molecule has 0 aliphatic rings. The average molecular weight is 370 g/mol. The first-order valence-corrected chi connectivity index (χ1v) is 7.95. The topological polar surface area (TPSA) is 133 Å². The van der Waals surface area contributed by atoms with Crippen molar-refractivity contribution in [3.63, 3.8) is 0 Å². The van der Waals surface area contributed by atoms with E-state index >= 15 is 0 Å². The number of carbonyl (C=O) groups is 4. The largest absolute Gasteiger partial charge is 0.478 e. The molecule has 2 amide bonds. The monoisotopic (exact) mass is 370 g/mol. The molecule has 0 aromatic heterocycles. The van der Waals surface area contributed by atoms with Crippen LogP contribution in [0.25, 0.3) is 0 Å². The molecule has 27 heavy (non-hydrogen) atoms. The fourth-order valence-electron chi connectivity index (χ4n) is 2.59. The van der Waals surface area contributed by atoms with Crippen LogP contribution in [0.1, 0.15) is 45.7 Å². The van der Waals surface area contributed by atoms with Crippen LogP contribution >= 0.6 is 0 Å². The van der Waals surface area contributed by atoms with Gasteiger partial charge in [-0.1, -0.05) is 12.1 Å². The first kappa shape index (κ1) is 19.6. The summed E-state index contributed by atoms with van der Waals surface area (Å²) in [7, 11) is 0. The zero-order valence-corrected chi connectivity index (χ0v) is 14.7. The molecule has 0 fully saturated rings. The third-order valence-corrected chi connectivity index (χ3v) is 3.66. The molecule has 0 aliphatic heterocycles. The molecule has 0 spiro atoms. The van der Waals surface area contributed by atoms with Gasteiger partial charge in [0.25, 0.3) is 0 Å². The number of carboxylic acids is 2. The van der Waals surface area contributed by atoms with E-state index in [4.69, 9.17) is 0 Å². The van der Waals surface area contributed by atoms with Crippen molar-refractivity contribution < 1.29 is 29.4 Å². The van der Waals surface area contributed by atoms with Crippen molar-refractivity contribution in [3.05, 3.63) is 58.7 Å². The number of nitrogens with one attached hydrogen (secondary N) is 2. The normalized spacial score (nSPS) is 10.1. The molecule has 8 heteroatoms. The van der Waals surface area contributed by atoms with Gasteiger partial charge in [0.15, 0.2) is 0 Å². The highest BCUT2D eigenvalue weighted by Crippen LogP contribution is 2.23. The fraction of sp³-hybridized carbons (Fsp3) is 0.158. The Balaban J connectivity index is 2.36. The minimum Gasteiger partial charge on any atom is -0.478 e. The highest BCUT2D eigenvalue weighted by molar-refractivity contribution is 6.01. The minimum absolute atomic E-state index is 0.0592. The second-order valence-electron chi connectivity index (χ2n) is 5.91. The molecule has 0 heterocycles. The number of aromatic carboxylic acids is 2. The number of hydrogen-bond donors (Lipinski definition) is 4. The summed E-state index contributed by atoms with van der Waals surface area (Å²) in [4.78, 5) is 45.2. The molecule has 0 unspecified atom stereocenters. The third-order valence-electron chi connectivity index (χ3n) is 3.66. The van der Waals surface area contributed by atoms with Crippen LogP contribution in [0.5, 0.6) is 0 Å². The molecule has 2 aromatic rings. The van der Waals surface area contributed by atoms with Crippen LogP contribution in [-0.4, -0.2) is 34.0 Å². The molecule has 2 aromatic carbocycles. The Morgan fingerprint density at radius 2 is 1.11 bits per heavy atom. The predicted octanol–water partition coefficient (Wildman–Crippen LogP) is 2.59. The highest BCUT2D eigenvalue weighted by Gasteiger charge is 2.15. The summed E-state index contributed by atoms with van der Waals surface area (Å²) in [5.41, 5.74) is 1.51. The number of benzene rings is 2. The van der Waals surface area contributed by atoms with Crippen LogP contribution in [0.3, 0.4) is 0 Å². The van der Waals surface area contributed by atoms with E-state index < -0.39 is 11.9 Å². The molecular weight excluding hydrogens is 352 g/mol. The fourth-order valence-corrected chi connectivity index (χ4v) is 2.59. The molecule has 0 saturated carbocycles. The molecule has 0 radical (unpaired) electrons. The number of rotatable bonds is 6. The zero-order chi connectivity index (χ0) is 20.1. The van der Waals surface area contributed by atoms with Gasteiger partial charge < -0.3 is 20.8 Å². The van der Waals surface area contributed by atoms with E-state index in [1.165, 1.54) is 38.1 Å². The van der Waals surface area contributed by atoms with Crippen molar-refractivity contribution in [2.24, 2.45) is 0 Å². The minimum atomic E-state index is -1.19. The Labute approximate surface area is 154 Å². The molecule has 2 rings (SSSR count). The lowest BCUT2D eigenvalue weighted by Crippen LogP contribution is -2.12. The molecule has 0 aliphatic carbocycles. The second kappa shape index (κ2) is 8.13. The predicted molar refractivity (Wildman–Crippen MR) is 98.2 cm³/mol. The maximum atomic E-state index is 11.4. The van der Waals surface area contributed by atoms with Crippen LogP contribution in [0.4, 0.5) is 11.4 Å². The number of amides is 2. The molecular formula is C19H18N2O6. The number of hydrogen-bond acceptors (Lipinski definition) is 4. The van der Waals surface area contributed by atoms with E-state index in [1.54, 1.807) is 12.1 Å². The van der Waals surface area contributed by atoms with Crippen molar-refractivity contribution >= 4 is 35.1 Å². The van der Waals surface area contributed by atoms with Crippen molar-refractivity contribution in [3.8, 4) is 0 Å². The van der Waals surface area contributed by atoms with Gasteiger partial charge in [0.2, 0.25) is 11.8 Å². The van der Waals surface area contributed by atoms with E-state index in [-0.39, 0.29) is 40.7 Å². The number of carboxylic acid groups (broad SMARTS) is 2. The molecule has 0 bridgehead atoms. The first-order chi connectivity index (χ1) is 12.7. The quantitative estimate of drug-likeness (QED) is 0.618. The molecule has 0 atom stereocenters.